The summed E-state index contributed by atoms with van der Waals surface area (Å²) in [6, 6.07) is 8.95. The molecule has 1 aromatic heterocycles. The first kappa shape index (κ1) is 15.9. The lowest BCUT2D eigenvalue weighted by molar-refractivity contribution is 0.136. The maximum atomic E-state index is 11.6. The number of piperazine rings is 1. The van der Waals surface area contributed by atoms with E-state index >= 15 is 0 Å². The largest absolute Gasteiger partial charge is 0.358 e. The molecule has 0 atom stereocenters. The Morgan fingerprint density at radius 1 is 1.22 bits per heavy atom. The molecule has 2 heterocycles. The lowest BCUT2D eigenvalue weighted by Crippen LogP contribution is -2.50. The molecular formula is C18H26N4O. The van der Waals surface area contributed by atoms with Crippen molar-refractivity contribution in [1.29, 1.82) is 0 Å². The van der Waals surface area contributed by atoms with Crippen LogP contribution in [-0.2, 0) is 6.54 Å². The smallest absolute Gasteiger partial charge is 0.317 e. The summed E-state index contributed by atoms with van der Waals surface area (Å²) in [5.41, 5.74) is 3.83. The minimum absolute atomic E-state index is 0.0274. The topological polar surface area (TPSA) is 51.4 Å². The summed E-state index contributed by atoms with van der Waals surface area (Å²) in [6.07, 6.45) is 0. The first-order chi connectivity index (χ1) is 11.1. The average molecular weight is 314 g/mol. The highest BCUT2D eigenvalue weighted by Crippen LogP contribution is 2.22. The number of carbonyl (C=O) groups excluding carboxylic acids is 1. The number of urea groups is 1. The Bertz CT molecular complexity index is 683. The van der Waals surface area contributed by atoms with E-state index in [1.165, 1.54) is 22.2 Å². The first-order valence-electron chi connectivity index (χ1n) is 8.37. The molecule has 124 valence electrons. The second kappa shape index (κ2) is 6.62. The highest BCUT2D eigenvalue weighted by molar-refractivity contribution is 5.81. The van der Waals surface area contributed by atoms with Crippen LogP contribution >= 0.6 is 0 Å². The molecule has 1 aliphatic rings. The summed E-state index contributed by atoms with van der Waals surface area (Å²) >= 11 is 0. The van der Waals surface area contributed by atoms with Crippen molar-refractivity contribution in [2.45, 2.75) is 26.3 Å². The van der Waals surface area contributed by atoms with Crippen LogP contribution in [0.15, 0.2) is 24.3 Å². The number of rotatable bonds is 3. The van der Waals surface area contributed by atoms with Crippen molar-refractivity contribution >= 4 is 16.9 Å². The maximum Gasteiger partial charge on any atom is 0.317 e. The lowest BCUT2D eigenvalue weighted by atomic mass is 10.1. The zero-order valence-corrected chi connectivity index (χ0v) is 14.2. The number of nitrogens with one attached hydrogen (secondary N) is 2. The van der Waals surface area contributed by atoms with E-state index in [-0.39, 0.29) is 6.03 Å². The fourth-order valence-corrected chi connectivity index (χ4v) is 3.14. The van der Waals surface area contributed by atoms with Gasteiger partial charge in [-0.2, -0.15) is 0 Å². The molecule has 0 saturated carbocycles. The number of aromatic amines is 1. The molecule has 0 bridgehead atoms. The molecular weight excluding hydrogens is 288 g/mol. The Morgan fingerprint density at radius 3 is 2.61 bits per heavy atom. The molecule has 0 aliphatic carbocycles. The van der Waals surface area contributed by atoms with E-state index in [0.717, 1.165) is 32.7 Å². The Hall–Kier alpha value is -2.01. The Balaban J connectivity index is 1.64. The monoisotopic (exact) mass is 314 g/mol. The van der Waals surface area contributed by atoms with Gasteiger partial charge >= 0.3 is 6.03 Å². The van der Waals surface area contributed by atoms with Crippen LogP contribution in [-0.4, -0.2) is 54.0 Å². The summed E-state index contributed by atoms with van der Waals surface area (Å²) in [5, 5.41) is 3.98. The van der Waals surface area contributed by atoms with Gasteiger partial charge in [0.25, 0.3) is 0 Å². The van der Waals surface area contributed by atoms with Crippen LogP contribution in [0.1, 0.15) is 31.0 Å². The standard InChI is InChI=1S/C18H26N4O/c1-13(2)17-11-15-10-14(4-5-16(15)20-17)12-21-6-8-22(9-7-21)18(23)19-3/h4-5,10-11,13,20H,6-9,12H2,1-3H3,(H,19,23). The minimum atomic E-state index is 0.0274. The fraction of sp³-hybridized carbons (Fsp3) is 0.500. The van der Waals surface area contributed by atoms with Gasteiger partial charge in [-0.05, 0) is 35.1 Å². The molecule has 5 nitrogen and oxygen atoms in total. The predicted molar refractivity (Wildman–Crippen MR) is 93.7 cm³/mol. The van der Waals surface area contributed by atoms with E-state index in [1.807, 2.05) is 4.90 Å². The van der Waals surface area contributed by atoms with Gasteiger partial charge in [0.1, 0.15) is 0 Å². The number of fused-ring (bicyclic) bond motifs is 1. The normalized spacial score (nSPS) is 16.3. The summed E-state index contributed by atoms with van der Waals surface area (Å²) in [4.78, 5) is 19.4. The van der Waals surface area contributed by atoms with Crippen molar-refractivity contribution < 1.29 is 4.79 Å². The van der Waals surface area contributed by atoms with E-state index in [9.17, 15) is 4.79 Å². The molecule has 2 aromatic rings. The van der Waals surface area contributed by atoms with Gasteiger partial charge in [0.15, 0.2) is 0 Å². The number of benzene rings is 1. The third-order valence-corrected chi connectivity index (χ3v) is 4.61. The van der Waals surface area contributed by atoms with Gasteiger partial charge in [-0.3, -0.25) is 4.90 Å². The number of hydrogen-bond acceptors (Lipinski definition) is 2. The summed E-state index contributed by atoms with van der Waals surface area (Å²) in [6.45, 7) is 8.80. The Kier molecular flexibility index (Phi) is 4.57. The van der Waals surface area contributed by atoms with Gasteiger partial charge in [-0.15, -0.1) is 0 Å². The van der Waals surface area contributed by atoms with Crippen molar-refractivity contribution in [1.82, 2.24) is 20.1 Å². The highest BCUT2D eigenvalue weighted by atomic mass is 16.2. The summed E-state index contributed by atoms with van der Waals surface area (Å²) < 4.78 is 0. The fourth-order valence-electron chi connectivity index (χ4n) is 3.14. The van der Waals surface area contributed by atoms with Crippen LogP contribution in [0.2, 0.25) is 0 Å². The number of amides is 2. The van der Waals surface area contributed by atoms with Crippen LogP contribution in [0.5, 0.6) is 0 Å². The molecule has 1 saturated heterocycles. The summed E-state index contributed by atoms with van der Waals surface area (Å²) in [7, 11) is 1.69. The second-order valence-electron chi connectivity index (χ2n) is 6.62. The maximum absolute atomic E-state index is 11.6. The predicted octanol–water partition coefficient (Wildman–Crippen LogP) is 2.75. The van der Waals surface area contributed by atoms with E-state index in [2.05, 4.69) is 53.3 Å². The number of nitrogens with zero attached hydrogens (tertiary/aromatic N) is 2. The van der Waals surface area contributed by atoms with Crippen LogP contribution in [0, 0.1) is 0 Å². The van der Waals surface area contributed by atoms with Gasteiger partial charge in [0.2, 0.25) is 0 Å². The molecule has 2 N–H and O–H groups in total. The van der Waals surface area contributed by atoms with Gasteiger partial charge in [0.05, 0.1) is 0 Å². The van der Waals surface area contributed by atoms with E-state index < -0.39 is 0 Å². The second-order valence-corrected chi connectivity index (χ2v) is 6.62. The third kappa shape index (κ3) is 3.50. The Labute approximate surface area is 137 Å². The van der Waals surface area contributed by atoms with Crippen molar-refractivity contribution in [3.8, 4) is 0 Å². The molecule has 5 heteroatoms. The lowest BCUT2D eigenvalue weighted by Gasteiger charge is -2.34. The zero-order chi connectivity index (χ0) is 16.4. The molecule has 1 aromatic carbocycles. The van der Waals surface area contributed by atoms with Crippen LogP contribution in [0.25, 0.3) is 10.9 Å². The van der Waals surface area contributed by atoms with E-state index in [1.54, 1.807) is 7.05 Å². The van der Waals surface area contributed by atoms with Gasteiger partial charge in [-0.25, -0.2) is 4.79 Å². The molecule has 0 spiro atoms. The van der Waals surface area contributed by atoms with Crippen LogP contribution in [0.4, 0.5) is 4.79 Å². The molecule has 1 aliphatic heterocycles. The van der Waals surface area contributed by atoms with Gasteiger partial charge in [-0.1, -0.05) is 19.9 Å². The molecule has 0 unspecified atom stereocenters. The quantitative estimate of drug-likeness (QED) is 0.915. The van der Waals surface area contributed by atoms with Gasteiger partial charge in [0, 0.05) is 51.0 Å². The highest BCUT2D eigenvalue weighted by Gasteiger charge is 2.20. The Morgan fingerprint density at radius 2 is 1.96 bits per heavy atom. The molecule has 1 fully saturated rings. The van der Waals surface area contributed by atoms with Crippen molar-refractivity contribution in [3.05, 3.63) is 35.5 Å². The third-order valence-electron chi connectivity index (χ3n) is 4.61. The average Bonchev–Trinajstić information content (AvgIpc) is 2.98. The van der Waals surface area contributed by atoms with Crippen molar-refractivity contribution in [2.24, 2.45) is 0 Å². The first-order valence-corrected chi connectivity index (χ1v) is 8.37. The number of H-pyrrole nitrogens is 1. The minimum Gasteiger partial charge on any atom is -0.358 e. The molecule has 23 heavy (non-hydrogen) atoms. The number of hydrogen-bond donors (Lipinski definition) is 2. The van der Waals surface area contributed by atoms with Crippen molar-refractivity contribution in [2.75, 3.05) is 33.2 Å². The SMILES string of the molecule is CNC(=O)N1CCN(Cc2ccc3[nH]c(C(C)C)cc3c2)CC1. The van der Waals surface area contributed by atoms with E-state index in [4.69, 9.17) is 0 Å². The molecule has 2 amide bonds. The summed E-state index contributed by atoms with van der Waals surface area (Å²) in [5.74, 6) is 0.517. The molecule has 0 radical (unpaired) electrons. The van der Waals surface area contributed by atoms with Gasteiger partial charge < -0.3 is 15.2 Å². The van der Waals surface area contributed by atoms with Crippen LogP contribution < -0.4 is 5.32 Å². The zero-order valence-electron chi connectivity index (χ0n) is 14.2. The number of carbonyl (C=O) groups is 1. The molecule has 3 rings (SSSR count). The number of aromatic nitrogens is 1. The van der Waals surface area contributed by atoms with Crippen LogP contribution in [0.3, 0.4) is 0 Å². The van der Waals surface area contributed by atoms with E-state index in [0.29, 0.717) is 5.92 Å². The van der Waals surface area contributed by atoms with Crippen molar-refractivity contribution in [3.63, 3.8) is 0 Å².